The van der Waals surface area contributed by atoms with E-state index in [1.54, 1.807) is 43.5 Å². The summed E-state index contributed by atoms with van der Waals surface area (Å²) >= 11 is 14.3. The van der Waals surface area contributed by atoms with E-state index in [1.807, 2.05) is 24.3 Å². The van der Waals surface area contributed by atoms with Gasteiger partial charge >= 0.3 is 4.87 Å². The Balaban J connectivity index is 1.40. The molecule has 9 nitrogen and oxygen atoms in total. The number of ether oxygens (including phenoxy) is 1. The summed E-state index contributed by atoms with van der Waals surface area (Å²) in [4.78, 5) is 58.6. The summed E-state index contributed by atoms with van der Waals surface area (Å²) in [6.45, 7) is 5.56. The lowest BCUT2D eigenvalue weighted by Gasteiger charge is -2.31. The minimum atomic E-state index is -0.798. The maximum atomic E-state index is 14.2. The monoisotopic (exact) mass is 696 g/mol. The number of thiazole rings is 1. The summed E-state index contributed by atoms with van der Waals surface area (Å²) in [5.41, 5.74) is 2.73. The van der Waals surface area contributed by atoms with Gasteiger partial charge in [-0.2, -0.15) is 0 Å². The van der Waals surface area contributed by atoms with Crippen LogP contribution in [0.3, 0.4) is 0 Å². The topological polar surface area (TPSA) is 101 Å². The van der Waals surface area contributed by atoms with E-state index in [0.717, 1.165) is 35.7 Å². The Morgan fingerprint density at radius 1 is 0.935 bits per heavy atom. The van der Waals surface area contributed by atoms with Gasteiger partial charge in [-0.25, -0.2) is 4.90 Å². The van der Waals surface area contributed by atoms with Crippen LogP contribution >= 0.6 is 46.3 Å². The summed E-state index contributed by atoms with van der Waals surface area (Å²) < 4.78 is 6.65. The third-order valence-electron chi connectivity index (χ3n) is 8.27. The molecule has 3 unspecified atom stereocenters. The van der Waals surface area contributed by atoms with Crippen LogP contribution in [0.5, 0.6) is 5.75 Å². The fourth-order valence-corrected chi connectivity index (χ4v) is 9.07. The number of rotatable bonds is 9. The first kappa shape index (κ1) is 32.2. The predicted molar refractivity (Wildman–Crippen MR) is 184 cm³/mol. The molecule has 3 atom stereocenters. The van der Waals surface area contributed by atoms with E-state index in [4.69, 9.17) is 27.9 Å². The number of halogens is 2. The van der Waals surface area contributed by atoms with Gasteiger partial charge in [0, 0.05) is 35.3 Å². The number of carbonyl (C=O) groups excluding carboxylic acids is 3. The van der Waals surface area contributed by atoms with Gasteiger partial charge in [-0.1, -0.05) is 58.4 Å². The molecule has 3 heterocycles. The summed E-state index contributed by atoms with van der Waals surface area (Å²) in [6.07, 6.45) is 0. The molecule has 4 aromatic rings. The number of imide groups is 1. The second kappa shape index (κ2) is 13.2. The van der Waals surface area contributed by atoms with Gasteiger partial charge < -0.3 is 15.0 Å². The van der Waals surface area contributed by atoms with Crippen molar-refractivity contribution in [3.63, 3.8) is 0 Å². The molecular weight excluding hydrogens is 667 g/mol. The Bertz CT molecular complexity index is 1870. The number of aromatic nitrogens is 1. The standard InChI is InChI=1S/C33H30Cl2N4O5S2/c1-4-37(5-2)20-9-6-18(7-10-20)26-27-28(31(42)39(30(27)41)21-11-13-22(44-3)14-12-21)45-32-29(26)46-33(43)38(32)17-25(40)36-19-8-15-23(34)24(35)16-19/h6-16,26-28H,4-5,17H2,1-3H3,(H,36,40). The molecule has 1 aromatic heterocycles. The molecule has 238 valence electrons. The molecule has 2 aliphatic heterocycles. The fourth-order valence-electron chi connectivity index (χ4n) is 6.00. The van der Waals surface area contributed by atoms with Gasteiger partial charge in [0.15, 0.2) is 0 Å². The van der Waals surface area contributed by atoms with Gasteiger partial charge in [-0.05, 0) is 74.0 Å². The van der Waals surface area contributed by atoms with Crippen molar-refractivity contribution in [2.24, 2.45) is 5.92 Å². The van der Waals surface area contributed by atoms with Crippen LogP contribution in [0.4, 0.5) is 17.1 Å². The van der Waals surface area contributed by atoms with Gasteiger partial charge in [0.05, 0.1) is 33.8 Å². The number of methoxy groups -OCH3 is 1. The molecule has 6 rings (SSSR count). The molecule has 3 aromatic carbocycles. The Morgan fingerprint density at radius 3 is 2.26 bits per heavy atom. The van der Waals surface area contributed by atoms with Crippen molar-refractivity contribution in [2.45, 2.75) is 36.6 Å². The zero-order valence-electron chi connectivity index (χ0n) is 25.2. The highest BCUT2D eigenvalue weighted by atomic mass is 35.5. The SMILES string of the molecule is CCN(CC)c1ccc(C2c3sc(=O)n(CC(=O)Nc4ccc(Cl)c(Cl)c4)c3SC3C(=O)N(c4ccc(OC)cc4)C(=O)C32)cc1. The number of nitrogens with one attached hydrogen (secondary N) is 1. The Hall–Kier alpha value is -3.77. The first-order chi connectivity index (χ1) is 22.1. The number of thioether (sulfide) groups is 1. The third-order valence-corrected chi connectivity index (χ3v) is 11.6. The van der Waals surface area contributed by atoms with Gasteiger partial charge in [-0.3, -0.25) is 23.7 Å². The third kappa shape index (κ3) is 5.81. The molecule has 3 amide bonds. The lowest BCUT2D eigenvalue weighted by Crippen LogP contribution is -2.33. The molecule has 2 aliphatic rings. The van der Waals surface area contributed by atoms with Gasteiger partial charge in [0.2, 0.25) is 17.7 Å². The highest BCUT2D eigenvalue weighted by Gasteiger charge is 2.56. The zero-order chi connectivity index (χ0) is 32.7. The van der Waals surface area contributed by atoms with Crippen molar-refractivity contribution in [1.82, 2.24) is 4.57 Å². The molecule has 0 radical (unpaired) electrons. The fraction of sp³-hybridized carbons (Fsp3) is 0.273. The van der Waals surface area contributed by atoms with Crippen LogP contribution in [-0.4, -0.2) is 47.7 Å². The van der Waals surface area contributed by atoms with Crippen molar-refractivity contribution in [3.8, 4) is 5.75 Å². The highest BCUT2D eigenvalue weighted by Crippen LogP contribution is 2.54. The second-order valence-electron chi connectivity index (χ2n) is 10.8. The Labute approximate surface area is 284 Å². The molecule has 1 saturated heterocycles. The van der Waals surface area contributed by atoms with Crippen LogP contribution in [-0.2, 0) is 20.9 Å². The number of hydrogen-bond acceptors (Lipinski definition) is 8. The summed E-state index contributed by atoms with van der Waals surface area (Å²) in [7, 11) is 1.55. The number of nitrogens with zero attached hydrogens (tertiary/aromatic N) is 3. The van der Waals surface area contributed by atoms with Crippen molar-refractivity contribution < 1.29 is 19.1 Å². The van der Waals surface area contributed by atoms with Crippen molar-refractivity contribution in [2.75, 3.05) is 35.3 Å². The molecule has 0 aliphatic carbocycles. The van der Waals surface area contributed by atoms with E-state index in [1.165, 1.54) is 27.3 Å². The van der Waals surface area contributed by atoms with E-state index in [9.17, 15) is 19.2 Å². The van der Waals surface area contributed by atoms with E-state index < -0.39 is 23.0 Å². The quantitative estimate of drug-likeness (QED) is 0.199. The molecule has 1 N–H and O–H groups in total. The average Bonchev–Trinajstić information content (AvgIpc) is 3.50. The lowest BCUT2D eigenvalue weighted by molar-refractivity contribution is -0.122. The number of amides is 3. The number of fused-ring (bicyclic) bond motifs is 2. The molecular formula is C33H30Cl2N4O5S2. The van der Waals surface area contributed by atoms with Gasteiger partial charge in [0.25, 0.3) is 0 Å². The van der Waals surface area contributed by atoms with Crippen LogP contribution in [0.2, 0.25) is 10.0 Å². The van der Waals surface area contributed by atoms with E-state index in [0.29, 0.717) is 32.1 Å². The molecule has 13 heteroatoms. The first-order valence-electron chi connectivity index (χ1n) is 14.7. The normalized spacial score (nSPS) is 18.7. The second-order valence-corrected chi connectivity index (χ2v) is 13.8. The molecule has 1 fully saturated rings. The minimum absolute atomic E-state index is 0.284. The number of anilines is 3. The van der Waals surface area contributed by atoms with Crippen LogP contribution < -0.4 is 24.7 Å². The maximum absolute atomic E-state index is 14.2. The van der Waals surface area contributed by atoms with E-state index in [-0.39, 0.29) is 28.3 Å². The largest absolute Gasteiger partial charge is 0.497 e. The summed E-state index contributed by atoms with van der Waals surface area (Å²) in [5.74, 6) is -1.86. The molecule has 0 bridgehead atoms. The van der Waals surface area contributed by atoms with Gasteiger partial charge in [0.1, 0.15) is 17.5 Å². The van der Waals surface area contributed by atoms with Crippen LogP contribution in [0.15, 0.2) is 76.6 Å². The van der Waals surface area contributed by atoms with Crippen molar-refractivity contribution in [3.05, 3.63) is 96.9 Å². The number of hydrogen-bond donors (Lipinski definition) is 1. The summed E-state index contributed by atoms with van der Waals surface area (Å²) in [5, 5.41) is 3.11. The minimum Gasteiger partial charge on any atom is -0.497 e. The molecule has 0 spiro atoms. The van der Waals surface area contributed by atoms with Gasteiger partial charge in [-0.15, -0.1) is 0 Å². The average molecular weight is 698 g/mol. The highest BCUT2D eigenvalue weighted by molar-refractivity contribution is 8.00. The zero-order valence-corrected chi connectivity index (χ0v) is 28.3. The molecule has 0 saturated carbocycles. The van der Waals surface area contributed by atoms with Crippen molar-refractivity contribution >= 4 is 81.1 Å². The summed E-state index contributed by atoms with van der Waals surface area (Å²) in [6, 6.07) is 19.4. The van der Waals surface area contributed by atoms with Crippen LogP contribution in [0.1, 0.15) is 30.2 Å². The smallest absolute Gasteiger partial charge is 0.308 e. The Kier molecular flexibility index (Phi) is 9.20. The first-order valence-corrected chi connectivity index (χ1v) is 17.1. The number of benzene rings is 3. The van der Waals surface area contributed by atoms with E-state index >= 15 is 0 Å². The van der Waals surface area contributed by atoms with Crippen LogP contribution in [0.25, 0.3) is 0 Å². The maximum Gasteiger partial charge on any atom is 0.308 e. The van der Waals surface area contributed by atoms with Crippen LogP contribution in [0, 0.1) is 5.92 Å². The lowest BCUT2D eigenvalue weighted by atomic mass is 9.83. The Morgan fingerprint density at radius 2 is 1.63 bits per heavy atom. The number of carbonyl (C=O) groups is 3. The molecule has 46 heavy (non-hydrogen) atoms. The van der Waals surface area contributed by atoms with E-state index in [2.05, 4.69) is 24.1 Å². The van der Waals surface area contributed by atoms with Crippen molar-refractivity contribution in [1.29, 1.82) is 0 Å². The predicted octanol–water partition coefficient (Wildman–Crippen LogP) is 6.51.